The van der Waals surface area contributed by atoms with Crippen LogP contribution in [0.4, 0.5) is 33.5 Å². The van der Waals surface area contributed by atoms with Gasteiger partial charge in [-0.1, -0.05) is 45.4 Å². The second-order valence-corrected chi connectivity index (χ2v) is 19.3. The number of carbonyl (C=O) groups excluding carboxylic acids is 2. The standard InChI is InChI=1S/C44H48BrClFN11O7S/c1-43(2)39(44(3,4)40(43)65-29-12-9-26(22-48)32(46)21-29)57-38(60)27-23-51-42(52-24-27)58(5)16-18-64-20-19-63-17-15-53-66(61,62)30-13-10-28(11-14-30)54-41-50-25-31(45)37(56-41)55-34-8-6-7-33(47)35(34)36(49)59/h6-14,21,23-25,39-40,53H,15-20H2,1-5H3,(H2,49,59)(H,57,60)(H2,50,54,55,56). The van der Waals surface area contributed by atoms with Gasteiger partial charge in [0.05, 0.1) is 63.2 Å². The molecule has 1 saturated carbocycles. The Morgan fingerprint density at radius 1 is 0.955 bits per heavy atom. The molecule has 66 heavy (non-hydrogen) atoms. The van der Waals surface area contributed by atoms with E-state index in [9.17, 15) is 27.7 Å². The first-order chi connectivity index (χ1) is 31.3. The summed E-state index contributed by atoms with van der Waals surface area (Å²) >= 11 is 9.55. The normalized spacial score (nSPS) is 16.0. The van der Waals surface area contributed by atoms with Crippen LogP contribution in [0.3, 0.4) is 0 Å². The van der Waals surface area contributed by atoms with Gasteiger partial charge in [0, 0.05) is 67.4 Å². The predicted molar refractivity (Wildman–Crippen MR) is 249 cm³/mol. The van der Waals surface area contributed by atoms with E-state index in [-0.39, 0.29) is 72.3 Å². The third-order valence-electron chi connectivity index (χ3n) is 10.8. The summed E-state index contributed by atoms with van der Waals surface area (Å²) in [5, 5.41) is 18.5. The van der Waals surface area contributed by atoms with Crippen molar-refractivity contribution < 1.29 is 36.6 Å². The van der Waals surface area contributed by atoms with E-state index < -0.39 is 32.6 Å². The number of amides is 2. The number of anilines is 5. The van der Waals surface area contributed by atoms with E-state index in [4.69, 9.17) is 31.5 Å². The fourth-order valence-electron chi connectivity index (χ4n) is 7.77. The first-order valence-corrected chi connectivity index (χ1v) is 23.1. The minimum atomic E-state index is -3.84. The van der Waals surface area contributed by atoms with Crippen molar-refractivity contribution in [2.45, 2.75) is 44.7 Å². The van der Waals surface area contributed by atoms with E-state index in [0.717, 1.165) is 6.07 Å². The third kappa shape index (κ3) is 11.7. The van der Waals surface area contributed by atoms with Crippen LogP contribution in [0.25, 0.3) is 0 Å². The van der Waals surface area contributed by atoms with Crippen LogP contribution >= 0.6 is 27.5 Å². The zero-order valence-corrected chi connectivity index (χ0v) is 39.7. The van der Waals surface area contributed by atoms with Gasteiger partial charge in [-0.05, 0) is 64.5 Å². The van der Waals surface area contributed by atoms with Crippen molar-refractivity contribution in [3.8, 4) is 11.8 Å². The number of rotatable bonds is 21. The summed E-state index contributed by atoms with van der Waals surface area (Å²) < 4.78 is 60.5. The molecule has 1 aliphatic rings. The number of carbonyl (C=O) groups is 2. The Bertz CT molecular complexity index is 2700. The van der Waals surface area contributed by atoms with E-state index in [0.29, 0.717) is 51.2 Å². The van der Waals surface area contributed by atoms with Gasteiger partial charge in [0.1, 0.15) is 29.6 Å². The zero-order chi connectivity index (χ0) is 47.8. The number of aromatic nitrogens is 4. The van der Waals surface area contributed by atoms with Crippen molar-refractivity contribution >= 4 is 78.5 Å². The molecular weight excluding hydrogens is 961 g/mol. The number of nitrogens with two attached hydrogens (primary N) is 1. The Kier molecular flexibility index (Phi) is 15.8. The van der Waals surface area contributed by atoms with Crippen LogP contribution in [0.5, 0.6) is 5.75 Å². The summed E-state index contributed by atoms with van der Waals surface area (Å²) in [6.07, 6.45) is 4.16. The molecule has 1 fully saturated rings. The maximum absolute atomic E-state index is 14.2. The quantitative estimate of drug-likeness (QED) is 0.0504. The summed E-state index contributed by atoms with van der Waals surface area (Å²) in [6, 6.07) is 16.7. The highest BCUT2D eigenvalue weighted by atomic mass is 79.9. The maximum Gasteiger partial charge on any atom is 0.254 e. The Labute approximate surface area is 395 Å². The Hall–Kier alpha value is -6.02. The number of ether oxygens (including phenoxy) is 3. The molecule has 0 unspecified atom stereocenters. The Morgan fingerprint density at radius 2 is 1.64 bits per heavy atom. The third-order valence-corrected chi connectivity index (χ3v) is 13.2. The molecule has 0 atom stereocenters. The maximum atomic E-state index is 14.2. The summed E-state index contributed by atoms with van der Waals surface area (Å²) in [6.45, 7) is 9.56. The summed E-state index contributed by atoms with van der Waals surface area (Å²) in [5.41, 5.74) is 5.46. The van der Waals surface area contributed by atoms with E-state index in [2.05, 4.69) is 56.5 Å². The van der Waals surface area contributed by atoms with Gasteiger partial charge in [0.2, 0.25) is 21.9 Å². The van der Waals surface area contributed by atoms with Crippen molar-refractivity contribution in [1.29, 1.82) is 5.26 Å². The predicted octanol–water partition coefficient (Wildman–Crippen LogP) is 6.34. The van der Waals surface area contributed by atoms with Crippen molar-refractivity contribution in [2.24, 2.45) is 16.6 Å². The van der Waals surface area contributed by atoms with E-state index in [1.54, 1.807) is 42.3 Å². The van der Waals surface area contributed by atoms with Crippen LogP contribution in [-0.2, 0) is 19.5 Å². The molecule has 0 saturated heterocycles. The van der Waals surface area contributed by atoms with Crippen molar-refractivity contribution in [1.82, 2.24) is 30.0 Å². The van der Waals surface area contributed by atoms with Gasteiger partial charge in [-0.25, -0.2) is 32.5 Å². The number of likely N-dealkylation sites (N-methyl/N-ethyl adjacent to an activating group) is 1. The molecule has 2 heterocycles. The number of benzene rings is 3. The number of hydrogen-bond acceptors (Lipinski definition) is 15. The van der Waals surface area contributed by atoms with Gasteiger partial charge >= 0.3 is 0 Å². The van der Waals surface area contributed by atoms with Crippen LogP contribution < -0.4 is 36.0 Å². The highest BCUT2D eigenvalue weighted by molar-refractivity contribution is 9.10. The average Bonchev–Trinajstić information content (AvgIpc) is 3.27. The zero-order valence-electron chi connectivity index (χ0n) is 36.6. The summed E-state index contributed by atoms with van der Waals surface area (Å²) in [5.74, 6) is -0.718. The van der Waals surface area contributed by atoms with Crippen LogP contribution in [0.1, 0.15) is 54.0 Å². The largest absolute Gasteiger partial charge is 0.489 e. The monoisotopic (exact) mass is 1010 g/mol. The molecule has 2 amide bonds. The highest BCUT2D eigenvalue weighted by Gasteiger charge is 2.64. The molecule has 6 rings (SSSR count). The molecule has 0 bridgehead atoms. The van der Waals surface area contributed by atoms with E-state index in [1.807, 2.05) is 33.8 Å². The number of sulfonamides is 1. The van der Waals surface area contributed by atoms with Crippen LogP contribution in [-0.4, -0.2) is 98.9 Å². The Morgan fingerprint density at radius 3 is 2.29 bits per heavy atom. The molecule has 3 aromatic carbocycles. The lowest BCUT2D eigenvalue weighted by atomic mass is 9.49. The van der Waals surface area contributed by atoms with Gasteiger partial charge in [0.15, 0.2) is 0 Å². The lowest BCUT2D eigenvalue weighted by Gasteiger charge is -2.63. The molecule has 2 aromatic heterocycles. The second-order valence-electron chi connectivity index (χ2n) is 16.3. The van der Waals surface area contributed by atoms with Crippen LogP contribution in [0.15, 0.2) is 88.6 Å². The molecule has 22 heteroatoms. The second kappa shape index (κ2) is 21.1. The number of nitriles is 1. The number of halogens is 3. The van der Waals surface area contributed by atoms with Crippen molar-refractivity contribution in [2.75, 3.05) is 62.1 Å². The fraction of sp³-hybridized carbons (Fsp3) is 0.341. The van der Waals surface area contributed by atoms with Gasteiger partial charge in [-0.2, -0.15) is 10.2 Å². The lowest BCUT2D eigenvalue weighted by Crippen LogP contribution is -2.74. The minimum absolute atomic E-state index is 0.0293. The molecule has 0 spiro atoms. The molecule has 6 N–H and O–H groups in total. The molecule has 0 aliphatic heterocycles. The molecule has 1 aliphatic carbocycles. The van der Waals surface area contributed by atoms with Gasteiger partial charge in [-0.15, -0.1) is 0 Å². The minimum Gasteiger partial charge on any atom is -0.489 e. The summed E-state index contributed by atoms with van der Waals surface area (Å²) in [4.78, 5) is 44.3. The van der Waals surface area contributed by atoms with Crippen LogP contribution in [0.2, 0.25) is 5.02 Å². The number of nitrogens with zero attached hydrogens (tertiary/aromatic N) is 6. The van der Waals surface area contributed by atoms with Gasteiger partial charge in [0.25, 0.3) is 11.8 Å². The molecular formula is C44H48BrClFN11O7S. The smallest absolute Gasteiger partial charge is 0.254 e. The first-order valence-electron chi connectivity index (χ1n) is 20.4. The number of nitrogens with one attached hydrogen (secondary N) is 4. The molecule has 18 nitrogen and oxygen atoms in total. The van der Waals surface area contributed by atoms with Crippen molar-refractivity contribution in [3.63, 3.8) is 0 Å². The SMILES string of the molecule is CN(CCOCCOCCNS(=O)(=O)c1ccc(Nc2ncc(Br)c(Nc3cccc(F)c3C(N)=O)n2)cc1)c1ncc(C(=O)NC2C(C)(C)C(Oc3ccc(C#N)c(Cl)c3)C2(C)C)cn1. The summed E-state index contributed by atoms with van der Waals surface area (Å²) in [7, 11) is -2.04. The average molecular weight is 1010 g/mol. The highest BCUT2D eigenvalue weighted by Crippen LogP contribution is 2.55. The van der Waals surface area contributed by atoms with Gasteiger partial charge < -0.3 is 40.8 Å². The van der Waals surface area contributed by atoms with E-state index in [1.165, 1.54) is 42.9 Å². The molecule has 0 radical (unpaired) electrons. The lowest BCUT2D eigenvalue weighted by molar-refractivity contribution is -0.164. The fourth-order valence-corrected chi connectivity index (χ4v) is 9.28. The number of hydrogen-bond donors (Lipinski definition) is 5. The Balaban J connectivity index is 0.866. The van der Waals surface area contributed by atoms with Gasteiger partial charge in [-0.3, -0.25) is 9.59 Å². The van der Waals surface area contributed by atoms with Crippen LogP contribution in [0, 0.1) is 28.0 Å². The topological polar surface area (TPSA) is 249 Å². The number of primary amides is 1. The molecule has 5 aromatic rings. The van der Waals surface area contributed by atoms with Crippen molar-refractivity contribution in [3.05, 3.63) is 111 Å². The van der Waals surface area contributed by atoms with E-state index >= 15 is 0 Å². The first kappa shape index (κ1) is 49.4. The molecule has 348 valence electrons.